The van der Waals surface area contributed by atoms with Crippen molar-refractivity contribution in [3.63, 3.8) is 0 Å². The molecule has 0 atom stereocenters. The van der Waals surface area contributed by atoms with Gasteiger partial charge in [0.05, 0.1) is 0 Å². The van der Waals surface area contributed by atoms with Crippen LogP contribution in [0, 0.1) is 0 Å². The monoisotopic (exact) mass is 448 g/mol. The van der Waals surface area contributed by atoms with Crippen LogP contribution in [0.3, 0.4) is 0 Å². The normalized spacial score (nSPS) is 11.1. The van der Waals surface area contributed by atoms with Gasteiger partial charge >= 0.3 is 11.9 Å². The van der Waals surface area contributed by atoms with Crippen molar-refractivity contribution in [2.24, 2.45) is 0 Å². The molecule has 0 spiro atoms. The quantitative estimate of drug-likeness (QED) is 0.122. The van der Waals surface area contributed by atoms with Gasteiger partial charge in [-0.25, -0.2) is 0 Å². The number of esters is 2. The van der Waals surface area contributed by atoms with Crippen LogP contribution in [0.15, 0.2) is 42.5 Å². The van der Waals surface area contributed by atoms with Gasteiger partial charge in [0.1, 0.15) is 11.5 Å². The van der Waals surface area contributed by atoms with Gasteiger partial charge in [0.2, 0.25) is 0 Å². The molecule has 0 bridgehead atoms. The minimum absolute atomic E-state index is 0.229. The van der Waals surface area contributed by atoms with Crippen LogP contribution in [0.2, 0.25) is 0 Å². The fourth-order valence-electron chi connectivity index (χ4n) is 4.07. The largest absolute Gasteiger partial charge is 0.425 e. The number of rotatable bonds is 12. The fraction of sp³-hybridized carbons (Fsp3) is 0.448. The second kappa shape index (κ2) is 12.4. The van der Waals surface area contributed by atoms with Crippen LogP contribution < -0.4 is 9.47 Å². The van der Waals surface area contributed by atoms with Gasteiger partial charge in [0.25, 0.3) is 0 Å². The molecule has 4 nitrogen and oxygen atoms in total. The minimum atomic E-state index is -0.233. The maximum atomic E-state index is 12.6. The van der Waals surface area contributed by atoms with Crippen molar-refractivity contribution in [1.29, 1.82) is 0 Å². The van der Waals surface area contributed by atoms with E-state index in [4.69, 9.17) is 9.47 Å². The van der Waals surface area contributed by atoms with Gasteiger partial charge in [-0.05, 0) is 37.3 Å². The van der Waals surface area contributed by atoms with Crippen molar-refractivity contribution in [2.45, 2.75) is 85.0 Å². The van der Waals surface area contributed by atoms with Crippen LogP contribution in [0.4, 0.5) is 0 Å². The molecule has 0 radical (unpaired) electrons. The molecule has 0 fully saturated rings. The maximum absolute atomic E-state index is 12.6. The summed E-state index contributed by atoms with van der Waals surface area (Å²) >= 11 is 0. The molecule has 0 saturated heterocycles. The van der Waals surface area contributed by atoms with E-state index in [9.17, 15) is 9.59 Å². The summed E-state index contributed by atoms with van der Waals surface area (Å²) in [5.74, 6) is 0.651. The van der Waals surface area contributed by atoms with E-state index in [1.807, 2.05) is 30.3 Å². The number of hydrogen-bond donors (Lipinski definition) is 0. The summed E-state index contributed by atoms with van der Waals surface area (Å²) in [6.07, 6.45) is 8.64. The van der Waals surface area contributed by atoms with Crippen LogP contribution >= 0.6 is 0 Å². The number of carbonyl (C=O) groups is 2. The lowest BCUT2D eigenvalue weighted by molar-refractivity contribution is -0.135. The number of carbonyl (C=O) groups excluding carboxylic acids is 2. The van der Waals surface area contributed by atoms with Crippen LogP contribution in [-0.4, -0.2) is 11.9 Å². The van der Waals surface area contributed by atoms with E-state index in [1.54, 1.807) is 0 Å². The van der Waals surface area contributed by atoms with Gasteiger partial charge in [-0.1, -0.05) is 82.9 Å². The Bertz CT molecular complexity index is 1100. The molecule has 3 aromatic carbocycles. The molecule has 0 aliphatic rings. The number of aryl methyl sites for hydroxylation is 1. The van der Waals surface area contributed by atoms with Gasteiger partial charge in [0, 0.05) is 34.4 Å². The predicted molar refractivity (Wildman–Crippen MR) is 135 cm³/mol. The summed E-state index contributed by atoms with van der Waals surface area (Å²) in [6, 6.07) is 13.9. The lowest BCUT2D eigenvalue weighted by atomic mass is 9.97. The first-order chi connectivity index (χ1) is 16.1. The van der Waals surface area contributed by atoms with Crippen LogP contribution in [0.1, 0.15) is 84.1 Å². The molecule has 4 heteroatoms. The van der Waals surface area contributed by atoms with E-state index in [1.165, 1.54) is 12.0 Å². The Balaban J connectivity index is 2.15. The highest BCUT2D eigenvalue weighted by Gasteiger charge is 2.20. The molecule has 33 heavy (non-hydrogen) atoms. The summed E-state index contributed by atoms with van der Waals surface area (Å²) in [4.78, 5) is 25.2. The molecule has 176 valence electrons. The molecular weight excluding hydrogens is 412 g/mol. The predicted octanol–water partition coefficient (Wildman–Crippen LogP) is 7.92. The lowest BCUT2D eigenvalue weighted by Gasteiger charge is -2.17. The number of fused-ring (bicyclic) bond motifs is 2. The molecule has 3 aromatic rings. The number of ether oxygens (including phenoxy) is 2. The van der Waals surface area contributed by atoms with E-state index >= 15 is 0 Å². The zero-order chi connectivity index (χ0) is 23.6. The number of hydrogen-bond acceptors (Lipinski definition) is 4. The molecule has 0 N–H and O–H groups in total. The standard InChI is InChI=1S/C29H36O4/c1-4-7-10-13-21-18-19-24-25(20-21)29(33-27(31)17-9-6-3)23-15-12-11-14-22(23)28(24)32-26(30)16-8-5-2/h11-12,14-15,18-20H,4-10,13,16-17H2,1-3H3. The lowest BCUT2D eigenvalue weighted by Crippen LogP contribution is -2.10. The van der Waals surface area contributed by atoms with E-state index in [0.717, 1.165) is 66.5 Å². The van der Waals surface area contributed by atoms with Crippen molar-refractivity contribution in [1.82, 2.24) is 0 Å². The maximum Gasteiger partial charge on any atom is 0.311 e. The third-order valence-corrected chi connectivity index (χ3v) is 5.96. The molecule has 0 aromatic heterocycles. The molecule has 0 aliphatic carbocycles. The summed E-state index contributed by atoms with van der Waals surface area (Å²) in [7, 11) is 0. The SMILES string of the molecule is CCCCCc1ccc2c(OC(=O)CCCC)c3ccccc3c(OC(=O)CCCC)c2c1. The van der Waals surface area contributed by atoms with Gasteiger partial charge in [-0.2, -0.15) is 0 Å². The Morgan fingerprint density at radius 2 is 1.15 bits per heavy atom. The van der Waals surface area contributed by atoms with Gasteiger partial charge in [0.15, 0.2) is 0 Å². The zero-order valence-electron chi connectivity index (χ0n) is 20.2. The zero-order valence-corrected chi connectivity index (χ0v) is 20.2. The molecule has 0 unspecified atom stereocenters. The highest BCUT2D eigenvalue weighted by molar-refractivity contribution is 6.12. The average Bonchev–Trinajstić information content (AvgIpc) is 2.83. The first-order valence-corrected chi connectivity index (χ1v) is 12.5. The summed E-state index contributed by atoms with van der Waals surface area (Å²) in [6.45, 7) is 6.31. The van der Waals surface area contributed by atoms with E-state index in [-0.39, 0.29) is 11.9 Å². The second-order valence-corrected chi connectivity index (χ2v) is 8.70. The molecule has 0 saturated carbocycles. The summed E-state index contributed by atoms with van der Waals surface area (Å²) < 4.78 is 11.9. The average molecular weight is 449 g/mol. The minimum Gasteiger partial charge on any atom is -0.425 e. The van der Waals surface area contributed by atoms with E-state index in [0.29, 0.717) is 24.3 Å². The van der Waals surface area contributed by atoms with Crippen molar-refractivity contribution in [2.75, 3.05) is 0 Å². The third kappa shape index (κ3) is 6.34. The second-order valence-electron chi connectivity index (χ2n) is 8.70. The van der Waals surface area contributed by atoms with Crippen molar-refractivity contribution in [3.05, 3.63) is 48.0 Å². The van der Waals surface area contributed by atoms with Crippen molar-refractivity contribution >= 4 is 33.5 Å². The van der Waals surface area contributed by atoms with Crippen molar-refractivity contribution in [3.8, 4) is 11.5 Å². The van der Waals surface area contributed by atoms with Gasteiger partial charge in [-0.15, -0.1) is 0 Å². The first kappa shape index (κ1) is 24.8. The topological polar surface area (TPSA) is 52.6 Å². The Labute approximate surface area is 197 Å². The highest BCUT2D eigenvalue weighted by atomic mass is 16.5. The number of unbranched alkanes of at least 4 members (excludes halogenated alkanes) is 4. The van der Waals surface area contributed by atoms with Crippen LogP contribution in [0.25, 0.3) is 21.5 Å². The smallest absolute Gasteiger partial charge is 0.311 e. The van der Waals surface area contributed by atoms with Gasteiger partial charge in [-0.3, -0.25) is 9.59 Å². The third-order valence-electron chi connectivity index (χ3n) is 5.96. The Morgan fingerprint density at radius 1 is 0.636 bits per heavy atom. The summed E-state index contributed by atoms with van der Waals surface area (Å²) in [5, 5.41) is 3.20. The number of benzene rings is 3. The molecular formula is C29H36O4. The Hall–Kier alpha value is -2.88. The molecule has 0 aliphatic heterocycles. The fourth-order valence-corrected chi connectivity index (χ4v) is 4.07. The Morgan fingerprint density at radius 3 is 1.70 bits per heavy atom. The van der Waals surface area contributed by atoms with Gasteiger partial charge < -0.3 is 9.47 Å². The molecule has 0 heterocycles. The Kier molecular flexibility index (Phi) is 9.29. The summed E-state index contributed by atoms with van der Waals surface area (Å²) in [5.41, 5.74) is 1.19. The molecule has 0 amide bonds. The van der Waals surface area contributed by atoms with E-state index < -0.39 is 0 Å². The van der Waals surface area contributed by atoms with Crippen LogP contribution in [0.5, 0.6) is 11.5 Å². The van der Waals surface area contributed by atoms with Crippen LogP contribution in [-0.2, 0) is 16.0 Å². The van der Waals surface area contributed by atoms with E-state index in [2.05, 4.69) is 32.9 Å². The van der Waals surface area contributed by atoms with Crippen molar-refractivity contribution < 1.29 is 19.1 Å². The first-order valence-electron chi connectivity index (χ1n) is 12.5. The highest BCUT2D eigenvalue weighted by Crippen LogP contribution is 2.43. The molecule has 3 rings (SSSR count).